The van der Waals surface area contributed by atoms with Crippen molar-refractivity contribution in [2.24, 2.45) is 0 Å². The highest BCUT2D eigenvalue weighted by atomic mass is 32.2. The molecular formula is C12H19N3O4S. The van der Waals surface area contributed by atoms with Crippen molar-refractivity contribution in [3.63, 3.8) is 0 Å². The van der Waals surface area contributed by atoms with Gasteiger partial charge in [0.2, 0.25) is 10.0 Å². The van der Waals surface area contributed by atoms with Gasteiger partial charge >= 0.3 is 0 Å². The molecule has 0 radical (unpaired) electrons. The minimum absolute atomic E-state index is 0.0444. The van der Waals surface area contributed by atoms with Gasteiger partial charge in [-0.2, -0.15) is 0 Å². The number of nitrogens with one attached hydrogen (secondary N) is 2. The van der Waals surface area contributed by atoms with Gasteiger partial charge in [0.05, 0.1) is 6.26 Å². The Kier molecular flexibility index (Phi) is 5.90. The average Bonchev–Trinajstić information content (AvgIpc) is 2.37. The van der Waals surface area contributed by atoms with E-state index in [2.05, 4.69) is 10.3 Å². The summed E-state index contributed by atoms with van der Waals surface area (Å²) in [5.41, 5.74) is -0.310. The smallest absolute Gasteiger partial charge is 0.256 e. The third-order valence-electron chi connectivity index (χ3n) is 2.76. The molecule has 0 bridgehead atoms. The third-order valence-corrected chi connectivity index (χ3v) is 4.14. The lowest BCUT2D eigenvalue weighted by Crippen LogP contribution is -2.34. The highest BCUT2D eigenvalue weighted by Crippen LogP contribution is 1.98. The molecule has 0 aliphatic heterocycles. The normalized spacial score (nSPS) is 11.6. The molecule has 0 atom stereocenters. The lowest BCUT2D eigenvalue weighted by atomic mass is 10.2. The molecule has 1 amide bonds. The Morgan fingerprint density at radius 1 is 1.45 bits per heavy atom. The van der Waals surface area contributed by atoms with Crippen LogP contribution in [-0.4, -0.2) is 49.5 Å². The first-order valence-electron chi connectivity index (χ1n) is 6.26. The fourth-order valence-electron chi connectivity index (χ4n) is 1.70. The Morgan fingerprint density at radius 2 is 2.15 bits per heavy atom. The van der Waals surface area contributed by atoms with Crippen LogP contribution in [0, 0.1) is 0 Å². The molecule has 1 rings (SSSR count). The molecule has 0 saturated heterocycles. The van der Waals surface area contributed by atoms with E-state index >= 15 is 0 Å². The molecule has 1 aromatic heterocycles. The van der Waals surface area contributed by atoms with Gasteiger partial charge in [-0.25, -0.2) is 12.7 Å². The zero-order valence-electron chi connectivity index (χ0n) is 11.5. The van der Waals surface area contributed by atoms with Crippen LogP contribution in [-0.2, 0) is 10.0 Å². The van der Waals surface area contributed by atoms with Crippen molar-refractivity contribution in [2.45, 2.75) is 13.3 Å². The number of carbonyl (C=O) groups is 1. The summed E-state index contributed by atoms with van der Waals surface area (Å²) in [5.74, 6) is -0.464. The largest absolute Gasteiger partial charge is 0.367 e. The Morgan fingerprint density at radius 3 is 2.70 bits per heavy atom. The molecule has 1 heterocycles. The van der Waals surface area contributed by atoms with Crippen LogP contribution in [0.1, 0.15) is 23.7 Å². The summed E-state index contributed by atoms with van der Waals surface area (Å²) in [6, 6.07) is 1.28. The lowest BCUT2D eigenvalue weighted by molar-refractivity contribution is 0.0951. The molecule has 0 aliphatic carbocycles. The number of hydrogen-bond acceptors (Lipinski definition) is 4. The van der Waals surface area contributed by atoms with E-state index in [9.17, 15) is 18.0 Å². The number of pyridine rings is 1. The van der Waals surface area contributed by atoms with E-state index in [1.165, 1.54) is 22.8 Å². The highest BCUT2D eigenvalue weighted by Gasteiger charge is 2.14. The van der Waals surface area contributed by atoms with Crippen molar-refractivity contribution in [3.8, 4) is 0 Å². The van der Waals surface area contributed by atoms with Crippen molar-refractivity contribution < 1.29 is 13.2 Å². The maximum Gasteiger partial charge on any atom is 0.256 e. The molecule has 0 aliphatic rings. The summed E-state index contributed by atoms with van der Waals surface area (Å²) in [6.45, 7) is 2.79. The van der Waals surface area contributed by atoms with Gasteiger partial charge in [0.15, 0.2) is 5.43 Å². The molecule has 8 heteroatoms. The maximum atomic E-state index is 11.7. The van der Waals surface area contributed by atoms with Gasteiger partial charge in [0, 0.05) is 38.1 Å². The van der Waals surface area contributed by atoms with Gasteiger partial charge in [0.1, 0.15) is 5.56 Å². The van der Waals surface area contributed by atoms with E-state index in [0.29, 0.717) is 26.1 Å². The second-order valence-electron chi connectivity index (χ2n) is 4.29. The molecule has 0 aromatic carbocycles. The van der Waals surface area contributed by atoms with Crippen LogP contribution in [0.2, 0.25) is 0 Å². The molecular weight excluding hydrogens is 282 g/mol. The van der Waals surface area contributed by atoms with Gasteiger partial charge in [-0.3, -0.25) is 9.59 Å². The van der Waals surface area contributed by atoms with Gasteiger partial charge in [0.25, 0.3) is 5.91 Å². The van der Waals surface area contributed by atoms with Crippen molar-refractivity contribution >= 4 is 15.9 Å². The number of H-pyrrole nitrogens is 1. The van der Waals surface area contributed by atoms with E-state index in [-0.39, 0.29) is 11.0 Å². The molecule has 0 fully saturated rings. The van der Waals surface area contributed by atoms with E-state index < -0.39 is 15.9 Å². The van der Waals surface area contributed by atoms with Crippen molar-refractivity contribution in [2.75, 3.05) is 25.9 Å². The first-order chi connectivity index (χ1) is 9.36. The monoisotopic (exact) mass is 301 g/mol. The van der Waals surface area contributed by atoms with Crippen molar-refractivity contribution in [3.05, 3.63) is 34.2 Å². The number of hydrogen-bond donors (Lipinski definition) is 2. The van der Waals surface area contributed by atoms with E-state index in [0.717, 1.165) is 6.26 Å². The molecule has 7 nitrogen and oxygen atoms in total. The maximum absolute atomic E-state index is 11.7. The van der Waals surface area contributed by atoms with Crippen molar-refractivity contribution in [1.82, 2.24) is 14.6 Å². The standard InChI is InChI=1S/C12H19N3O4S/c1-3-15(20(2,18)19)8-4-6-14-12(17)10-9-13-7-5-11(10)16/h5,7,9H,3-4,6,8H2,1-2H3,(H,13,16)(H,14,17). The second kappa shape index (κ2) is 7.20. The number of carbonyl (C=O) groups excluding carboxylic acids is 1. The van der Waals surface area contributed by atoms with E-state index in [1.807, 2.05) is 0 Å². The minimum atomic E-state index is -3.21. The molecule has 1 aromatic rings. The fourth-order valence-corrected chi connectivity index (χ4v) is 2.63. The number of sulfonamides is 1. The first-order valence-corrected chi connectivity index (χ1v) is 8.11. The fraction of sp³-hybridized carbons (Fsp3) is 0.500. The Hall–Kier alpha value is -1.67. The summed E-state index contributed by atoms with van der Waals surface area (Å²) in [7, 11) is -3.21. The number of nitrogens with zero attached hydrogens (tertiary/aromatic N) is 1. The zero-order chi connectivity index (χ0) is 15.2. The SMILES string of the molecule is CCN(CCCNC(=O)c1c[nH]ccc1=O)S(C)(=O)=O. The molecule has 0 unspecified atom stereocenters. The average molecular weight is 301 g/mol. The van der Waals surface area contributed by atoms with Crippen LogP contribution < -0.4 is 10.7 Å². The predicted octanol–water partition coefficient (Wildman–Crippen LogP) is -0.224. The van der Waals surface area contributed by atoms with E-state index in [1.54, 1.807) is 6.92 Å². The van der Waals surface area contributed by atoms with Crippen LogP contribution in [0.25, 0.3) is 0 Å². The summed E-state index contributed by atoms with van der Waals surface area (Å²) < 4.78 is 24.0. The van der Waals surface area contributed by atoms with Crippen molar-refractivity contribution in [1.29, 1.82) is 0 Å². The Bertz CT molecular complexity index is 609. The van der Waals surface area contributed by atoms with Crippen LogP contribution in [0.15, 0.2) is 23.3 Å². The summed E-state index contributed by atoms with van der Waals surface area (Å²) in [4.78, 5) is 25.8. The molecule has 20 heavy (non-hydrogen) atoms. The summed E-state index contributed by atoms with van der Waals surface area (Å²) in [6.07, 6.45) is 4.42. The zero-order valence-corrected chi connectivity index (χ0v) is 12.4. The quantitative estimate of drug-likeness (QED) is 0.680. The number of aromatic nitrogens is 1. The predicted molar refractivity (Wildman–Crippen MR) is 76.1 cm³/mol. The number of aromatic amines is 1. The summed E-state index contributed by atoms with van der Waals surface area (Å²) in [5, 5.41) is 2.59. The van der Waals surface area contributed by atoms with E-state index in [4.69, 9.17) is 0 Å². The minimum Gasteiger partial charge on any atom is -0.367 e. The molecule has 0 spiro atoms. The topological polar surface area (TPSA) is 99.3 Å². The molecule has 2 N–H and O–H groups in total. The molecule has 0 saturated carbocycles. The third kappa shape index (κ3) is 4.78. The van der Waals surface area contributed by atoms with Gasteiger partial charge < -0.3 is 10.3 Å². The van der Waals surface area contributed by atoms with Crippen LogP contribution >= 0.6 is 0 Å². The van der Waals surface area contributed by atoms with Crippen LogP contribution in [0.4, 0.5) is 0 Å². The Balaban J connectivity index is 2.44. The first kappa shape index (κ1) is 16.4. The van der Waals surface area contributed by atoms with Gasteiger partial charge in [-0.1, -0.05) is 6.92 Å². The van der Waals surface area contributed by atoms with Gasteiger partial charge in [-0.05, 0) is 6.42 Å². The lowest BCUT2D eigenvalue weighted by Gasteiger charge is -2.17. The highest BCUT2D eigenvalue weighted by molar-refractivity contribution is 7.88. The van der Waals surface area contributed by atoms with Gasteiger partial charge in [-0.15, -0.1) is 0 Å². The number of amides is 1. The Labute approximate surface area is 118 Å². The summed E-state index contributed by atoms with van der Waals surface area (Å²) >= 11 is 0. The molecule has 112 valence electrons. The second-order valence-corrected chi connectivity index (χ2v) is 6.27. The van der Waals surface area contributed by atoms with Crippen LogP contribution in [0.3, 0.4) is 0 Å². The van der Waals surface area contributed by atoms with Crippen LogP contribution in [0.5, 0.6) is 0 Å². The number of rotatable bonds is 7.